The molecule has 19 aromatic rings. The van der Waals surface area contributed by atoms with Gasteiger partial charge in [0.05, 0.1) is 55.8 Å². The number of pyridine rings is 2. The molecule has 0 radical (unpaired) electrons. The van der Waals surface area contributed by atoms with Crippen LogP contribution in [0.4, 0.5) is 0 Å². The van der Waals surface area contributed by atoms with Crippen LogP contribution in [0.25, 0.3) is 134 Å². The smallest absolute Gasteiger partial charge is 0.457 e. The first-order valence-corrected chi connectivity index (χ1v) is 42.7. The van der Waals surface area contributed by atoms with E-state index in [2.05, 4.69) is 327 Å². The standard InChI is InChI=1S/C56H35N3O.C40H32BNO3.C16H11BrN2/c1-3-13-37(14-4-1)50-35-51(38-15-5-2-6-16-38)59-55(58-50)40-26-24-36(25-27-40)41-28-30-44-45-31-29-42(43-19-11-17-39-18-12-32-57-54(39)43)34-49(45)56(48(44)33-41)46-20-7-9-22-52(46)60-53-23-10-8-21-47(53)56;1-38(2)39(3,4)45-41(44-38)27-19-21-30-29-20-18-26(28-13-9-11-25-12-10-22-42-37(25)28)23-33(29)40(34(30)24-27)31-14-5-7-16-35(31)43-36-17-8-6-15-32(36)40;17-16-18-14(12-7-3-1-4-8-12)11-15(19-16)13-9-5-2-6-10-13/h1-35H;5-24H,1-4H3;1-11H. The number of hydrogen-bond donors (Lipinski definition) is 0. The average molecular weight is 1660 g/mol. The second kappa shape index (κ2) is 30.5. The summed E-state index contributed by atoms with van der Waals surface area (Å²) in [6.07, 6.45) is 3.76. The summed E-state index contributed by atoms with van der Waals surface area (Å²) in [6, 6.07) is 136. The number of para-hydroxylation sites is 6. The molecule has 10 nitrogen and oxygen atoms in total. The Morgan fingerprint density at radius 2 is 0.573 bits per heavy atom. The highest BCUT2D eigenvalue weighted by atomic mass is 79.9. The topological polar surface area (TPSA) is 114 Å². The molecule has 0 saturated carbocycles. The van der Waals surface area contributed by atoms with Crippen molar-refractivity contribution in [2.45, 2.75) is 49.7 Å². The third kappa shape index (κ3) is 12.8. The molecule has 0 amide bonds. The molecule has 0 bridgehead atoms. The largest absolute Gasteiger partial charge is 0.494 e. The van der Waals surface area contributed by atoms with Gasteiger partial charge in [-0.05, 0) is 183 Å². The lowest BCUT2D eigenvalue weighted by molar-refractivity contribution is 0.00578. The monoisotopic (exact) mass is 1660 g/mol. The Hall–Kier alpha value is -14.7. The summed E-state index contributed by atoms with van der Waals surface area (Å²) in [7, 11) is -0.469. The molecule has 0 unspecified atom stereocenters. The number of halogens is 1. The van der Waals surface area contributed by atoms with Crippen LogP contribution in [0.1, 0.15) is 72.2 Å². The van der Waals surface area contributed by atoms with Gasteiger partial charge in [0.1, 0.15) is 23.0 Å². The van der Waals surface area contributed by atoms with Crippen LogP contribution in [0.15, 0.2) is 405 Å². The molecule has 0 N–H and O–H groups in total. The fraction of sp³-hybridized carbons (Fsp3) is 0.0714. The molecule has 1 saturated heterocycles. The molecular formula is C112H78BBrN6O4. The van der Waals surface area contributed by atoms with E-state index in [1.807, 2.05) is 128 Å². The van der Waals surface area contributed by atoms with Crippen LogP contribution in [-0.4, -0.2) is 48.2 Å². The van der Waals surface area contributed by atoms with Gasteiger partial charge in [-0.25, -0.2) is 19.9 Å². The lowest BCUT2D eigenvalue weighted by atomic mass is 9.64. The Bertz CT molecular complexity index is 7180. The van der Waals surface area contributed by atoms with E-state index in [1.54, 1.807) is 0 Å². The summed E-state index contributed by atoms with van der Waals surface area (Å²) in [4.78, 5) is 28.7. The third-order valence-electron chi connectivity index (χ3n) is 25.5. The van der Waals surface area contributed by atoms with Gasteiger partial charge < -0.3 is 18.8 Å². The van der Waals surface area contributed by atoms with Crippen molar-refractivity contribution >= 4 is 50.3 Å². The fourth-order valence-corrected chi connectivity index (χ4v) is 19.3. The summed E-state index contributed by atoms with van der Waals surface area (Å²) in [5, 5.41) is 2.25. The van der Waals surface area contributed by atoms with Gasteiger partial charge in [0, 0.05) is 84.4 Å². The second-order valence-electron chi connectivity index (χ2n) is 33.0. The van der Waals surface area contributed by atoms with Gasteiger partial charge in [-0.15, -0.1) is 0 Å². The van der Waals surface area contributed by atoms with E-state index in [9.17, 15) is 0 Å². The van der Waals surface area contributed by atoms with E-state index >= 15 is 0 Å². The van der Waals surface area contributed by atoms with E-state index in [-0.39, 0.29) is 0 Å². The number of benzene rings is 15. The molecule has 15 aromatic carbocycles. The summed E-state index contributed by atoms with van der Waals surface area (Å²) in [5.41, 5.74) is 30.8. The Morgan fingerprint density at radius 1 is 0.250 bits per heavy atom. The molecule has 2 aliphatic carbocycles. The summed E-state index contributed by atoms with van der Waals surface area (Å²) >= 11 is 3.39. The lowest BCUT2D eigenvalue weighted by Crippen LogP contribution is -2.41. The van der Waals surface area contributed by atoms with Crippen LogP contribution in [0.2, 0.25) is 0 Å². The molecule has 12 heteroatoms. The minimum absolute atomic E-state index is 0.434. The molecule has 4 aromatic heterocycles. The van der Waals surface area contributed by atoms with Crippen LogP contribution >= 0.6 is 15.9 Å². The van der Waals surface area contributed by atoms with Crippen LogP contribution in [0, 0.1) is 0 Å². The Morgan fingerprint density at radius 3 is 0.976 bits per heavy atom. The maximum absolute atomic E-state index is 6.69. The average Bonchev–Trinajstić information content (AvgIpc) is 1.50. The molecule has 5 aliphatic rings. The Balaban J connectivity index is 0.000000125. The molecule has 590 valence electrons. The highest BCUT2D eigenvalue weighted by Gasteiger charge is 2.56. The highest BCUT2D eigenvalue weighted by Crippen LogP contribution is 2.65. The van der Waals surface area contributed by atoms with Crippen molar-refractivity contribution in [2.24, 2.45) is 0 Å². The predicted octanol–water partition coefficient (Wildman–Crippen LogP) is 27.1. The minimum atomic E-state index is -0.625. The van der Waals surface area contributed by atoms with Crippen molar-refractivity contribution in [3.63, 3.8) is 0 Å². The van der Waals surface area contributed by atoms with E-state index in [0.717, 1.165) is 156 Å². The van der Waals surface area contributed by atoms with E-state index in [0.29, 0.717) is 10.6 Å². The van der Waals surface area contributed by atoms with Gasteiger partial charge in [0.25, 0.3) is 0 Å². The van der Waals surface area contributed by atoms with Crippen molar-refractivity contribution in [1.82, 2.24) is 29.9 Å². The quantitative estimate of drug-likeness (QED) is 0.102. The molecule has 3 aliphatic heterocycles. The molecule has 1 fully saturated rings. The fourth-order valence-electron chi connectivity index (χ4n) is 19.0. The van der Waals surface area contributed by atoms with Crippen LogP contribution in [-0.2, 0) is 20.1 Å². The van der Waals surface area contributed by atoms with Gasteiger partial charge in [-0.2, -0.15) is 0 Å². The van der Waals surface area contributed by atoms with Crippen molar-refractivity contribution < 1.29 is 18.8 Å². The summed E-state index contributed by atoms with van der Waals surface area (Å²) in [6.45, 7) is 8.41. The third-order valence-corrected chi connectivity index (χ3v) is 25.8. The zero-order valence-electron chi connectivity index (χ0n) is 68.4. The summed E-state index contributed by atoms with van der Waals surface area (Å²) < 4.78 is 27.0. The van der Waals surface area contributed by atoms with E-state index in [4.69, 9.17) is 38.7 Å². The maximum Gasteiger partial charge on any atom is 0.494 e. The van der Waals surface area contributed by atoms with Crippen molar-refractivity contribution in [2.75, 3.05) is 0 Å². The number of rotatable bonds is 9. The van der Waals surface area contributed by atoms with E-state index in [1.165, 1.54) is 44.5 Å². The van der Waals surface area contributed by atoms with Crippen LogP contribution in [0.5, 0.6) is 23.0 Å². The predicted molar refractivity (Wildman–Crippen MR) is 503 cm³/mol. The van der Waals surface area contributed by atoms with Gasteiger partial charge in [-0.3, -0.25) is 9.97 Å². The highest BCUT2D eigenvalue weighted by molar-refractivity contribution is 9.10. The van der Waals surface area contributed by atoms with Crippen LogP contribution in [0.3, 0.4) is 0 Å². The van der Waals surface area contributed by atoms with Crippen molar-refractivity contribution in [3.8, 4) is 135 Å². The van der Waals surface area contributed by atoms with Crippen LogP contribution < -0.4 is 14.9 Å². The Labute approximate surface area is 728 Å². The molecule has 124 heavy (non-hydrogen) atoms. The minimum Gasteiger partial charge on any atom is -0.457 e. The molecule has 7 heterocycles. The first-order chi connectivity index (χ1) is 60.8. The second-order valence-corrected chi connectivity index (χ2v) is 33.7. The Kier molecular flexibility index (Phi) is 18.6. The van der Waals surface area contributed by atoms with Gasteiger partial charge in [-0.1, -0.05) is 322 Å². The van der Waals surface area contributed by atoms with Gasteiger partial charge in [0.15, 0.2) is 10.6 Å². The first kappa shape index (κ1) is 75.5. The normalized spacial score (nSPS) is 14.3. The molecule has 2 spiro atoms. The maximum atomic E-state index is 6.69. The van der Waals surface area contributed by atoms with Crippen molar-refractivity contribution in [3.05, 3.63) is 450 Å². The summed E-state index contributed by atoms with van der Waals surface area (Å²) in [5.74, 6) is 4.17. The van der Waals surface area contributed by atoms with Crippen molar-refractivity contribution in [1.29, 1.82) is 0 Å². The number of nitrogens with zero attached hydrogens (tertiary/aromatic N) is 6. The first-order valence-electron chi connectivity index (χ1n) is 42.0. The lowest BCUT2D eigenvalue weighted by Gasteiger charge is -2.39. The SMILES string of the molecule is Brc1nc(-c2ccccc2)cc(-c2ccccc2)n1.CC1(C)OB(c2ccc3c(c2)C2(c4ccccc4Oc4ccccc42)c2cc(-c4cccc5cccnc45)ccc2-3)OC1(C)C.c1ccc(-c2cc(-c3ccccc3)nc(-c3ccc(-c4ccc5c(c4)C4(c6ccccc6Oc6ccccc64)c4cc(-c6cccc7cccnc67)ccc4-5)cc3)n2)cc1. The van der Waals surface area contributed by atoms with Gasteiger partial charge in [0.2, 0.25) is 0 Å². The number of fused-ring (bicyclic) bond motifs is 20. The number of aromatic nitrogens is 6. The van der Waals surface area contributed by atoms with Gasteiger partial charge >= 0.3 is 7.12 Å². The zero-order chi connectivity index (χ0) is 83.3. The number of ether oxygens (including phenoxy) is 2. The molecule has 0 atom stereocenters. The molecule has 24 rings (SSSR count). The molecular weight excluding hydrogens is 1580 g/mol. The zero-order valence-corrected chi connectivity index (χ0v) is 70.0. The van der Waals surface area contributed by atoms with E-state index < -0.39 is 29.2 Å². The number of hydrogen-bond acceptors (Lipinski definition) is 10.